The molecule has 1 heterocycles. The van der Waals surface area contributed by atoms with Crippen LogP contribution in [0.3, 0.4) is 0 Å². The van der Waals surface area contributed by atoms with Crippen molar-refractivity contribution >= 4 is 34.2 Å². The molecule has 186 valence electrons. The number of carbonyl (C=O) groups excluding carboxylic acids is 2. The van der Waals surface area contributed by atoms with Gasteiger partial charge in [0.1, 0.15) is 17.9 Å². The molecule has 4 rings (SSSR count). The molecular weight excluding hydrogens is 458 g/mol. The van der Waals surface area contributed by atoms with Gasteiger partial charge in [-0.05, 0) is 56.3 Å². The number of hydrogen-bond donors (Lipinski definition) is 3. The Bertz CT molecular complexity index is 1350. The molecule has 0 spiro atoms. The van der Waals surface area contributed by atoms with Gasteiger partial charge in [0.2, 0.25) is 0 Å². The molecule has 0 saturated heterocycles. The molecule has 3 aromatic carbocycles. The fourth-order valence-electron chi connectivity index (χ4n) is 3.79. The molecule has 36 heavy (non-hydrogen) atoms. The summed E-state index contributed by atoms with van der Waals surface area (Å²) in [5.41, 5.74) is 8.96. The molecule has 8 nitrogen and oxygen atoms in total. The molecule has 4 N–H and O–H groups in total. The summed E-state index contributed by atoms with van der Waals surface area (Å²) < 4.78 is 17.2. The first-order valence-electron chi connectivity index (χ1n) is 11.8. The van der Waals surface area contributed by atoms with Crippen LogP contribution in [-0.2, 0) is 4.74 Å². The van der Waals surface area contributed by atoms with Gasteiger partial charge in [-0.3, -0.25) is 9.59 Å². The Hall–Kier alpha value is -4.30. The summed E-state index contributed by atoms with van der Waals surface area (Å²) >= 11 is 0. The van der Waals surface area contributed by atoms with E-state index in [4.69, 9.17) is 19.6 Å². The minimum atomic E-state index is -0.322. The largest absolute Gasteiger partial charge is 0.492 e. The summed E-state index contributed by atoms with van der Waals surface area (Å²) in [6.07, 6.45) is -0.136. The van der Waals surface area contributed by atoms with Crippen LogP contribution < -0.4 is 21.1 Å². The number of rotatable bonds is 10. The average molecular weight is 488 g/mol. The van der Waals surface area contributed by atoms with Crippen molar-refractivity contribution in [1.29, 1.82) is 0 Å². The van der Waals surface area contributed by atoms with Crippen LogP contribution in [0, 0.1) is 0 Å². The smallest absolute Gasteiger partial charge is 0.287 e. The zero-order chi connectivity index (χ0) is 25.5. The highest BCUT2D eigenvalue weighted by atomic mass is 16.5. The lowest BCUT2D eigenvalue weighted by atomic mass is 10.1. The number of furan rings is 1. The number of ether oxygens (including phenoxy) is 2. The normalized spacial score (nSPS) is 11.7. The minimum Gasteiger partial charge on any atom is -0.492 e. The van der Waals surface area contributed by atoms with Gasteiger partial charge < -0.3 is 30.3 Å². The van der Waals surface area contributed by atoms with E-state index < -0.39 is 0 Å². The van der Waals surface area contributed by atoms with Crippen LogP contribution in [0.1, 0.15) is 46.4 Å². The summed E-state index contributed by atoms with van der Waals surface area (Å²) in [6.45, 7) is 5.02. The maximum atomic E-state index is 12.6. The third-order valence-corrected chi connectivity index (χ3v) is 5.63. The standard InChI is InChI=1S/C28H29N3O5/c1-3-34-18(2)22-8-6-7-20-17-25(36-26(20)22)28(33)30-15-16-35-21-13-11-19(12-14-21)27(32)31-24-10-5-4-9-23(24)29/h4-14,17-18H,3,15-16,29H2,1-2H3,(H,30,33)(H,31,32). The second kappa shape index (κ2) is 11.4. The molecule has 0 aliphatic rings. The van der Waals surface area contributed by atoms with Crippen molar-refractivity contribution in [3.63, 3.8) is 0 Å². The van der Waals surface area contributed by atoms with E-state index in [0.29, 0.717) is 34.9 Å². The van der Waals surface area contributed by atoms with Crippen LogP contribution in [0.15, 0.2) is 77.2 Å². The van der Waals surface area contributed by atoms with Gasteiger partial charge in [0.15, 0.2) is 5.76 Å². The van der Waals surface area contributed by atoms with Gasteiger partial charge in [0.25, 0.3) is 11.8 Å². The molecule has 2 amide bonds. The summed E-state index contributed by atoms with van der Waals surface area (Å²) in [4.78, 5) is 25.0. The average Bonchev–Trinajstić information content (AvgIpc) is 3.33. The van der Waals surface area contributed by atoms with Gasteiger partial charge in [0, 0.05) is 23.1 Å². The molecule has 0 aliphatic heterocycles. The van der Waals surface area contributed by atoms with E-state index in [-0.39, 0.29) is 36.8 Å². The van der Waals surface area contributed by atoms with E-state index in [1.165, 1.54) is 0 Å². The molecule has 1 atom stereocenters. The van der Waals surface area contributed by atoms with Gasteiger partial charge in [0.05, 0.1) is 24.0 Å². The van der Waals surface area contributed by atoms with E-state index in [2.05, 4.69) is 10.6 Å². The third kappa shape index (κ3) is 5.84. The van der Waals surface area contributed by atoms with Crippen molar-refractivity contribution in [2.75, 3.05) is 30.8 Å². The van der Waals surface area contributed by atoms with E-state index in [1.807, 2.05) is 32.0 Å². The minimum absolute atomic E-state index is 0.136. The zero-order valence-corrected chi connectivity index (χ0v) is 20.2. The summed E-state index contributed by atoms with van der Waals surface area (Å²) in [6, 6.07) is 21.3. The molecule has 1 unspecified atom stereocenters. The summed E-state index contributed by atoms with van der Waals surface area (Å²) in [5, 5.41) is 6.43. The zero-order valence-electron chi connectivity index (χ0n) is 20.2. The Morgan fingerprint density at radius 2 is 1.78 bits per heavy atom. The predicted octanol–water partition coefficient (Wildman–Crippen LogP) is 5.17. The number of nitrogens with one attached hydrogen (secondary N) is 2. The monoisotopic (exact) mass is 487 g/mol. The predicted molar refractivity (Wildman–Crippen MR) is 139 cm³/mol. The van der Waals surface area contributed by atoms with Crippen LogP contribution >= 0.6 is 0 Å². The van der Waals surface area contributed by atoms with Gasteiger partial charge >= 0.3 is 0 Å². The highest BCUT2D eigenvalue weighted by Gasteiger charge is 2.17. The molecule has 4 aromatic rings. The van der Waals surface area contributed by atoms with E-state index in [0.717, 1.165) is 10.9 Å². The molecule has 0 saturated carbocycles. The van der Waals surface area contributed by atoms with Crippen molar-refractivity contribution in [3.05, 3.63) is 89.7 Å². The molecule has 1 aromatic heterocycles. The number of hydrogen-bond acceptors (Lipinski definition) is 6. The maximum absolute atomic E-state index is 12.6. The molecule has 0 aliphatic carbocycles. The van der Waals surface area contributed by atoms with E-state index in [9.17, 15) is 9.59 Å². The first-order valence-corrected chi connectivity index (χ1v) is 11.8. The second-order valence-corrected chi connectivity index (χ2v) is 8.14. The van der Waals surface area contributed by atoms with Gasteiger partial charge in [-0.15, -0.1) is 0 Å². The van der Waals surface area contributed by atoms with Crippen LogP contribution in [0.2, 0.25) is 0 Å². The lowest BCUT2D eigenvalue weighted by Gasteiger charge is -2.11. The fourth-order valence-corrected chi connectivity index (χ4v) is 3.79. The maximum Gasteiger partial charge on any atom is 0.287 e. The van der Waals surface area contributed by atoms with Crippen molar-refractivity contribution in [2.24, 2.45) is 0 Å². The summed E-state index contributed by atoms with van der Waals surface area (Å²) in [5.74, 6) is 0.224. The summed E-state index contributed by atoms with van der Waals surface area (Å²) in [7, 11) is 0. The topological polar surface area (TPSA) is 116 Å². The SMILES string of the molecule is CCOC(C)c1cccc2cc(C(=O)NCCOc3ccc(C(=O)Nc4ccccc4N)cc3)oc12. The lowest BCUT2D eigenvalue weighted by molar-refractivity contribution is 0.0765. The van der Waals surface area contributed by atoms with Crippen LogP contribution in [0.25, 0.3) is 11.0 Å². The highest BCUT2D eigenvalue weighted by Crippen LogP contribution is 2.29. The Morgan fingerprint density at radius 1 is 1.00 bits per heavy atom. The molecule has 0 fully saturated rings. The van der Waals surface area contributed by atoms with Crippen LogP contribution in [-0.4, -0.2) is 31.6 Å². The number of nitrogen functional groups attached to an aromatic ring is 1. The van der Waals surface area contributed by atoms with E-state index in [1.54, 1.807) is 54.6 Å². The second-order valence-electron chi connectivity index (χ2n) is 8.14. The number of anilines is 2. The molecular formula is C28H29N3O5. The van der Waals surface area contributed by atoms with Crippen molar-refractivity contribution < 1.29 is 23.5 Å². The van der Waals surface area contributed by atoms with Crippen molar-refractivity contribution in [1.82, 2.24) is 5.32 Å². The van der Waals surface area contributed by atoms with Crippen molar-refractivity contribution in [2.45, 2.75) is 20.0 Å². The molecule has 0 radical (unpaired) electrons. The molecule has 0 bridgehead atoms. The van der Waals surface area contributed by atoms with E-state index >= 15 is 0 Å². The number of nitrogens with two attached hydrogens (primary N) is 1. The van der Waals surface area contributed by atoms with Crippen LogP contribution in [0.4, 0.5) is 11.4 Å². The Labute approximate surface area is 209 Å². The number of benzene rings is 3. The molecule has 8 heteroatoms. The van der Waals surface area contributed by atoms with Gasteiger partial charge in [-0.2, -0.15) is 0 Å². The first kappa shape index (κ1) is 24.8. The number of fused-ring (bicyclic) bond motifs is 1. The van der Waals surface area contributed by atoms with Crippen molar-refractivity contribution in [3.8, 4) is 5.75 Å². The van der Waals surface area contributed by atoms with Crippen LogP contribution in [0.5, 0.6) is 5.75 Å². The number of carbonyl (C=O) groups is 2. The quantitative estimate of drug-likeness (QED) is 0.210. The first-order chi connectivity index (χ1) is 17.5. The third-order valence-electron chi connectivity index (χ3n) is 5.63. The highest BCUT2D eigenvalue weighted by molar-refractivity contribution is 6.05. The Balaban J connectivity index is 1.28. The lowest BCUT2D eigenvalue weighted by Crippen LogP contribution is -2.27. The Kier molecular flexibility index (Phi) is 7.87. The fraction of sp³-hybridized carbons (Fsp3) is 0.214. The Morgan fingerprint density at radius 3 is 2.53 bits per heavy atom. The van der Waals surface area contributed by atoms with Gasteiger partial charge in [-0.1, -0.05) is 30.3 Å². The van der Waals surface area contributed by atoms with Gasteiger partial charge in [-0.25, -0.2) is 0 Å². The number of amides is 2. The number of para-hydroxylation sites is 3.